The van der Waals surface area contributed by atoms with Crippen molar-refractivity contribution in [2.45, 2.75) is 12.1 Å². The summed E-state index contributed by atoms with van der Waals surface area (Å²) in [4.78, 5) is 34.2. The SMILES string of the molecule is Cc1sc2nc(SCC(=O)Nc3ccccc3I)[nH]c(=O)c2c1-c1ccccc1. The zero-order chi connectivity index (χ0) is 20.4. The monoisotopic (exact) mass is 533 g/mol. The number of amides is 1. The second kappa shape index (κ2) is 8.68. The summed E-state index contributed by atoms with van der Waals surface area (Å²) in [6, 6.07) is 17.4. The number of fused-ring (bicyclic) bond motifs is 1. The van der Waals surface area contributed by atoms with Crippen LogP contribution in [0.2, 0.25) is 0 Å². The van der Waals surface area contributed by atoms with Crippen LogP contribution in [0.4, 0.5) is 5.69 Å². The molecule has 2 aromatic carbocycles. The third kappa shape index (κ3) is 4.39. The van der Waals surface area contributed by atoms with E-state index in [2.05, 4.69) is 37.9 Å². The van der Waals surface area contributed by atoms with Gasteiger partial charge in [-0.1, -0.05) is 54.2 Å². The number of thiophene rings is 1. The van der Waals surface area contributed by atoms with Crippen LogP contribution >= 0.6 is 45.7 Å². The topological polar surface area (TPSA) is 74.8 Å². The number of para-hydroxylation sites is 1. The van der Waals surface area contributed by atoms with Crippen molar-refractivity contribution in [3.63, 3.8) is 0 Å². The first kappa shape index (κ1) is 20.1. The summed E-state index contributed by atoms with van der Waals surface area (Å²) in [5.41, 5.74) is 2.52. The molecule has 0 aliphatic carbocycles. The predicted octanol–water partition coefficient (Wildman–Crippen LogP) is 5.30. The first-order valence-corrected chi connectivity index (χ1v) is 11.7. The van der Waals surface area contributed by atoms with Crippen LogP contribution in [0.1, 0.15) is 4.88 Å². The fourth-order valence-electron chi connectivity index (χ4n) is 3.00. The molecule has 0 radical (unpaired) electrons. The van der Waals surface area contributed by atoms with Crippen LogP contribution in [-0.4, -0.2) is 21.6 Å². The van der Waals surface area contributed by atoms with E-state index in [0.717, 1.165) is 25.3 Å². The van der Waals surface area contributed by atoms with E-state index in [-0.39, 0.29) is 17.2 Å². The summed E-state index contributed by atoms with van der Waals surface area (Å²) >= 11 is 4.89. The second-order valence-electron chi connectivity index (χ2n) is 6.27. The van der Waals surface area contributed by atoms with Crippen LogP contribution in [0, 0.1) is 10.5 Å². The van der Waals surface area contributed by atoms with Crippen LogP contribution < -0.4 is 10.9 Å². The van der Waals surface area contributed by atoms with Crippen LogP contribution in [0.25, 0.3) is 21.3 Å². The maximum Gasteiger partial charge on any atom is 0.260 e. The number of thioether (sulfide) groups is 1. The lowest BCUT2D eigenvalue weighted by molar-refractivity contribution is -0.113. The molecule has 2 N–H and O–H groups in total. The van der Waals surface area contributed by atoms with Crippen molar-refractivity contribution in [1.29, 1.82) is 0 Å². The highest BCUT2D eigenvalue weighted by atomic mass is 127. The van der Waals surface area contributed by atoms with Crippen molar-refractivity contribution in [2.24, 2.45) is 0 Å². The van der Waals surface area contributed by atoms with Gasteiger partial charge in [0.25, 0.3) is 5.56 Å². The Morgan fingerprint density at radius 3 is 2.66 bits per heavy atom. The number of aromatic nitrogens is 2. The molecular formula is C21H16IN3O2S2. The maximum absolute atomic E-state index is 12.8. The Labute approximate surface area is 189 Å². The highest BCUT2D eigenvalue weighted by Crippen LogP contribution is 2.35. The van der Waals surface area contributed by atoms with Gasteiger partial charge in [0.05, 0.1) is 16.8 Å². The first-order valence-electron chi connectivity index (χ1n) is 8.79. The molecule has 1 amide bonds. The lowest BCUT2D eigenvalue weighted by Gasteiger charge is -2.07. The van der Waals surface area contributed by atoms with Gasteiger partial charge in [-0.2, -0.15) is 0 Å². The molecule has 0 saturated carbocycles. The number of hydrogen-bond acceptors (Lipinski definition) is 5. The number of hydrogen-bond donors (Lipinski definition) is 2. The molecule has 0 fully saturated rings. The van der Waals surface area contributed by atoms with Crippen LogP contribution in [0.3, 0.4) is 0 Å². The summed E-state index contributed by atoms with van der Waals surface area (Å²) in [6.07, 6.45) is 0. The Kier molecular flexibility index (Phi) is 6.02. The number of rotatable bonds is 5. The van der Waals surface area contributed by atoms with Gasteiger partial charge in [0, 0.05) is 14.0 Å². The highest BCUT2D eigenvalue weighted by Gasteiger charge is 2.17. The summed E-state index contributed by atoms with van der Waals surface area (Å²) in [6.45, 7) is 2.00. The molecule has 0 spiro atoms. The van der Waals surface area contributed by atoms with Crippen molar-refractivity contribution in [1.82, 2.24) is 9.97 Å². The van der Waals surface area contributed by atoms with E-state index in [1.807, 2.05) is 61.5 Å². The average molecular weight is 533 g/mol. The number of carbonyl (C=O) groups excluding carboxylic acids is 1. The van der Waals surface area contributed by atoms with Gasteiger partial charge >= 0.3 is 0 Å². The molecule has 0 unspecified atom stereocenters. The molecule has 5 nitrogen and oxygen atoms in total. The minimum absolute atomic E-state index is 0.144. The van der Waals surface area contributed by atoms with Crippen molar-refractivity contribution in [3.05, 3.63) is 73.4 Å². The predicted molar refractivity (Wildman–Crippen MR) is 129 cm³/mol. The van der Waals surface area contributed by atoms with Gasteiger partial charge in [-0.15, -0.1) is 11.3 Å². The number of halogens is 1. The van der Waals surface area contributed by atoms with E-state index in [1.165, 1.54) is 23.1 Å². The van der Waals surface area contributed by atoms with Crippen LogP contribution in [0.15, 0.2) is 64.5 Å². The molecule has 2 heterocycles. The van der Waals surface area contributed by atoms with E-state index in [9.17, 15) is 9.59 Å². The first-order chi connectivity index (χ1) is 14.0. The Morgan fingerprint density at radius 1 is 1.17 bits per heavy atom. The Balaban J connectivity index is 1.56. The summed E-state index contributed by atoms with van der Waals surface area (Å²) in [5.74, 6) is 0.0178. The van der Waals surface area contributed by atoms with E-state index < -0.39 is 0 Å². The molecular weight excluding hydrogens is 517 g/mol. The molecule has 8 heteroatoms. The molecule has 0 aliphatic rings. The van der Waals surface area contributed by atoms with Gasteiger partial charge in [0.2, 0.25) is 5.91 Å². The number of aromatic amines is 1. The number of nitrogens with zero attached hydrogens (tertiary/aromatic N) is 1. The highest BCUT2D eigenvalue weighted by molar-refractivity contribution is 14.1. The van der Waals surface area contributed by atoms with Crippen molar-refractivity contribution < 1.29 is 4.79 Å². The molecule has 4 aromatic rings. The summed E-state index contributed by atoms with van der Waals surface area (Å²) < 4.78 is 0.971. The Hall–Kier alpha value is -2.17. The van der Waals surface area contributed by atoms with E-state index in [1.54, 1.807) is 0 Å². The normalized spacial score (nSPS) is 11.0. The largest absolute Gasteiger partial charge is 0.324 e. The number of anilines is 1. The van der Waals surface area contributed by atoms with Crippen LogP contribution in [-0.2, 0) is 4.79 Å². The Morgan fingerprint density at radius 2 is 1.90 bits per heavy atom. The minimum Gasteiger partial charge on any atom is -0.324 e. The third-order valence-corrected chi connectivity index (χ3v) is 7.08. The number of H-pyrrole nitrogens is 1. The van der Waals surface area contributed by atoms with Crippen molar-refractivity contribution >= 4 is 67.5 Å². The minimum atomic E-state index is -0.182. The van der Waals surface area contributed by atoms with E-state index in [4.69, 9.17) is 0 Å². The lowest BCUT2D eigenvalue weighted by Crippen LogP contribution is -2.16. The number of nitrogens with one attached hydrogen (secondary N) is 2. The zero-order valence-electron chi connectivity index (χ0n) is 15.4. The van der Waals surface area contributed by atoms with Gasteiger partial charge < -0.3 is 10.3 Å². The third-order valence-electron chi connectivity index (χ3n) is 4.27. The van der Waals surface area contributed by atoms with Crippen molar-refractivity contribution in [3.8, 4) is 11.1 Å². The molecule has 29 heavy (non-hydrogen) atoms. The van der Waals surface area contributed by atoms with Gasteiger partial charge in [-0.05, 0) is 47.2 Å². The lowest BCUT2D eigenvalue weighted by atomic mass is 10.0. The van der Waals surface area contributed by atoms with Crippen molar-refractivity contribution in [2.75, 3.05) is 11.1 Å². The number of aryl methyl sites for hydroxylation is 1. The zero-order valence-corrected chi connectivity index (χ0v) is 19.2. The van der Waals surface area contributed by atoms with Gasteiger partial charge in [-0.25, -0.2) is 4.98 Å². The molecule has 0 atom stereocenters. The summed E-state index contributed by atoms with van der Waals surface area (Å²) in [7, 11) is 0. The fraction of sp³-hybridized carbons (Fsp3) is 0.0952. The molecule has 146 valence electrons. The standard InChI is InChI=1S/C21H16IN3O2S2/c1-12-17(13-7-3-2-4-8-13)18-19(27)24-21(25-20(18)29-12)28-11-16(26)23-15-10-6-5-9-14(15)22/h2-10H,11H2,1H3,(H,23,26)(H,24,25,27). The van der Waals surface area contributed by atoms with Gasteiger partial charge in [0.1, 0.15) is 4.83 Å². The number of carbonyl (C=O) groups is 1. The summed E-state index contributed by atoms with van der Waals surface area (Å²) in [5, 5.41) is 3.93. The molecule has 2 aromatic heterocycles. The molecule has 0 bridgehead atoms. The van der Waals surface area contributed by atoms with Gasteiger partial charge in [0.15, 0.2) is 5.16 Å². The molecule has 0 aliphatic heterocycles. The molecule has 0 saturated heterocycles. The maximum atomic E-state index is 12.8. The smallest absolute Gasteiger partial charge is 0.260 e. The van der Waals surface area contributed by atoms with Gasteiger partial charge in [-0.3, -0.25) is 9.59 Å². The quantitative estimate of drug-likeness (QED) is 0.208. The average Bonchev–Trinajstić information content (AvgIpc) is 3.05. The number of benzene rings is 2. The fourth-order valence-corrected chi connectivity index (χ4v) is 5.29. The van der Waals surface area contributed by atoms with E-state index >= 15 is 0 Å². The van der Waals surface area contributed by atoms with Crippen LogP contribution in [0.5, 0.6) is 0 Å². The Bertz CT molecular complexity index is 1250. The molecule has 4 rings (SSSR count). The van der Waals surface area contributed by atoms with E-state index in [0.29, 0.717) is 15.4 Å². The second-order valence-corrected chi connectivity index (χ2v) is 9.60.